The number of nitrogens with one attached hydrogen (secondary N) is 2. The van der Waals surface area contributed by atoms with Gasteiger partial charge in [0, 0.05) is 31.0 Å². The second-order valence-electron chi connectivity index (χ2n) is 4.60. The number of nitrogens with zero attached hydrogens (tertiary/aromatic N) is 2. The molecule has 100 valence electrons. The van der Waals surface area contributed by atoms with Crippen LogP contribution in [0.15, 0.2) is 61.1 Å². The maximum absolute atomic E-state index is 4.15. The molecule has 0 unspecified atom stereocenters. The lowest BCUT2D eigenvalue weighted by atomic mass is 10.1. The van der Waals surface area contributed by atoms with E-state index >= 15 is 0 Å². The molecule has 0 bridgehead atoms. The van der Waals surface area contributed by atoms with Crippen molar-refractivity contribution in [1.82, 2.24) is 20.5 Å². The first kappa shape index (κ1) is 12.6. The second kappa shape index (κ2) is 6.12. The molecule has 4 nitrogen and oxygen atoms in total. The number of aromatic amines is 1. The van der Waals surface area contributed by atoms with Gasteiger partial charge in [-0.25, -0.2) is 0 Å². The minimum atomic E-state index is 0.773. The summed E-state index contributed by atoms with van der Waals surface area (Å²) in [4.78, 5) is 4.11. The third-order valence-corrected chi connectivity index (χ3v) is 3.15. The van der Waals surface area contributed by atoms with E-state index in [9.17, 15) is 0 Å². The number of benzene rings is 1. The van der Waals surface area contributed by atoms with Crippen LogP contribution in [0, 0.1) is 0 Å². The predicted octanol–water partition coefficient (Wildman–Crippen LogP) is 2.76. The van der Waals surface area contributed by atoms with Gasteiger partial charge in [-0.05, 0) is 17.2 Å². The van der Waals surface area contributed by atoms with E-state index in [-0.39, 0.29) is 0 Å². The molecule has 0 spiro atoms. The van der Waals surface area contributed by atoms with Gasteiger partial charge in [0.25, 0.3) is 0 Å². The van der Waals surface area contributed by atoms with Crippen molar-refractivity contribution in [2.24, 2.45) is 0 Å². The van der Waals surface area contributed by atoms with Crippen molar-refractivity contribution in [3.05, 3.63) is 72.2 Å². The highest BCUT2D eigenvalue weighted by atomic mass is 15.1. The minimum Gasteiger partial charge on any atom is -0.308 e. The Morgan fingerprint density at radius 3 is 2.65 bits per heavy atom. The minimum absolute atomic E-state index is 0.773. The van der Waals surface area contributed by atoms with E-state index in [0.29, 0.717) is 0 Å². The summed E-state index contributed by atoms with van der Waals surface area (Å²) in [6.45, 7) is 1.57. The Labute approximate surface area is 117 Å². The van der Waals surface area contributed by atoms with E-state index in [1.165, 1.54) is 11.1 Å². The van der Waals surface area contributed by atoms with E-state index in [2.05, 4.69) is 38.7 Å². The van der Waals surface area contributed by atoms with Crippen LogP contribution in [0.25, 0.3) is 11.3 Å². The summed E-state index contributed by atoms with van der Waals surface area (Å²) >= 11 is 0. The van der Waals surface area contributed by atoms with Gasteiger partial charge in [0.15, 0.2) is 0 Å². The fourth-order valence-electron chi connectivity index (χ4n) is 2.14. The van der Waals surface area contributed by atoms with Crippen molar-refractivity contribution in [1.29, 1.82) is 0 Å². The van der Waals surface area contributed by atoms with Crippen molar-refractivity contribution in [2.75, 3.05) is 0 Å². The molecule has 0 aliphatic rings. The summed E-state index contributed by atoms with van der Waals surface area (Å²) in [5.41, 5.74) is 4.57. The molecular weight excluding hydrogens is 248 g/mol. The monoisotopic (exact) mass is 264 g/mol. The molecule has 0 saturated carbocycles. The van der Waals surface area contributed by atoms with Crippen molar-refractivity contribution >= 4 is 0 Å². The smallest absolute Gasteiger partial charge is 0.0695 e. The van der Waals surface area contributed by atoms with E-state index in [0.717, 1.165) is 24.3 Å². The number of hydrogen-bond acceptors (Lipinski definition) is 3. The number of pyridine rings is 1. The van der Waals surface area contributed by atoms with Crippen molar-refractivity contribution in [2.45, 2.75) is 13.1 Å². The lowest BCUT2D eigenvalue weighted by molar-refractivity contribution is 0.692. The fraction of sp³-hybridized carbons (Fsp3) is 0.125. The molecule has 2 N–H and O–H groups in total. The molecule has 0 radical (unpaired) electrons. The van der Waals surface area contributed by atoms with Gasteiger partial charge in [0.05, 0.1) is 11.9 Å². The van der Waals surface area contributed by atoms with Crippen LogP contribution in [0.3, 0.4) is 0 Å². The Balaban J connectivity index is 1.66. The van der Waals surface area contributed by atoms with Crippen LogP contribution in [-0.4, -0.2) is 15.2 Å². The Kier molecular flexibility index (Phi) is 3.85. The molecule has 0 aliphatic heterocycles. The normalized spacial score (nSPS) is 10.6. The third kappa shape index (κ3) is 2.92. The molecule has 0 saturated heterocycles. The highest BCUT2D eigenvalue weighted by Gasteiger charge is 2.06. The van der Waals surface area contributed by atoms with E-state index in [4.69, 9.17) is 0 Å². The van der Waals surface area contributed by atoms with Gasteiger partial charge in [-0.15, -0.1) is 0 Å². The van der Waals surface area contributed by atoms with Crippen molar-refractivity contribution < 1.29 is 0 Å². The Morgan fingerprint density at radius 2 is 1.85 bits per heavy atom. The molecule has 0 aliphatic carbocycles. The number of rotatable bonds is 5. The zero-order valence-corrected chi connectivity index (χ0v) is 11.1. The molecular formula is C16H16N4. The van der Waals surface area contributed by atoms with Crippen LogP contribution >= 0.6 is 0 Å². The molecule has 0 fully saturated rings. The zero-order chi connectivity index (χ0) is 13.6. The van der Waals surface area contributed by atoms with Crippen LogP contribution in [0.5, 0.6) is 0 Å². The third-order valence-electron chi connectivity index (χ3n) is 3.15. The van der Waals surface area contributed by atoms with Crippen molar-refractivity contribution in [3.63, 3.8) is 0 Å². The van der Waals surface area contributed by atoms with Crippen LogP contribution < -0.4 is 5.32 Å². The van der Waals surface area contributed by atoms with E-state index in [1.54, 1.807) is 6.20 Å². The van der Waals surface area contributed by atoms with Crippen LogP contribution in [0.1, 0.15) is 11.1 Å². The highest BCUT2D eigenvalue weighted by Crippen LogP contribution is 2.20. The molecule has 2 aromatic heterocycles. The maximum Gasteiger partial charge on any atom is 0.0695 e. The van der Waals surface area contributed by atoms with Crippen LogP contribution in [-0.2, 0) is 13.1 Å². The first-order valence-electron chi connectivity index (χ1n) is 6.61. The summed E-state index contributed by atoms with van der Waals surface area (Å²) in [6.07, 6.45) is 5.53. The average molecular weight is 264 g/mol. The molecule has 0 atom stereocenters. The van der Waals surface area contributed by atoms with Crippen molar-refractivity contribution in [3.8, 4) is 11.3 Å². The van der Waals surface area contributed by atoms with Gasteiger partial charge >= 0.3 is 0 Å². The van der Waals surface area contributed by atoms with Gasteiger partial charge in [0.1, 0.15) is 0 Å². The molecule has 2 heterocycles. The molecule has 0 amide bonds. The lowest BCUT2D eigenvalue weighted by Crippen LogP contribution is -2.12. The standard InChI is InChI=1S/C16H16N4/c1-2-6-14(7-3-1)16-15(12-19-20-16)11-18-10-13-5-4-8-17-9-13/h1-9,12,18H,10-11H2,(H,19,20). The zero-order valence-electron chi connectivity index (χ0n) is 11.1. The van der Waals surface area contributed by atoms with Crippen LogP contribution in [0.4, 0.5) is 0 Å². The summed E-state index contributed by atoms with van der Waals surface area (Å²) in [6, 6.07) is 14.3. The summed E-state index contributed by atoms with van der Waals surface area (Å²) in [5, 5.41) is 10.6. The van der Waals surface area contributed by atoms with Crippen LogP contribution in [0.2, 0.25) is 0 Å². The highest BCUT2D eigenvalue weighted by molar-refractivity contribution is 5.62. The van der Waals surface area contributed by atoms with Gasteiger partial charge in [0.2, 0.25) is 0 Å². The van der Waals surface area contributed by atoms with Gasteiger partial charge in [-0.2, -0.15) is 5.10 Å². The SMILES string of the molecule is c1ccc(-c2[nH]ncc2CNCc2cccnc2)cc1. The number of H-pyrrole nitrogens is 1. The topological polar surface area (TPSA) is 53.6 Å². The first-order valence-corrected chi connectivity index (χ1v) is 6.61. The Bertz CT molecular complexity index is 647. The van der Waals surface area contributed by atoms with Gasteiger partial charge in [-0.3, -0.25) is 10.1 Å². The predicted molar refractivity (Wildman–Crippen MR) is 78.8 cm³/mol. The number of hydrogen-bond donors (Lipinski definition) is 2. The first-order chi connectivity index (χ1) is 9.93. The summed E-state index contributed by atoms with van der Waals surface area (Å²) < 4.78 is 0. The lowest BCUT2D eigenvalue weighted by Gasteiger charge is -2.05. The summed E-state index contributed by atoms with van der Waals surface area (Å²) in [5.74, 6) is 0. The van der Waals surface area contributed by atoms with E-state index < -0.39 is 0 Å². The molecule has 4 heteroatoms. The quantitative estimate of drug-likeness (QED) is 0.745. The average Bonchev–Trinajstić information content (AvgIpc) is 2.98. The second-order valence-corrected chi connectivity index (χ2v) is 4.60. The fourth-order valence-corrected chi connectivity index (χ4v) is 2.14. The maximum atomic E-state index is 4.15. The summed E-state index contributed by atoms with van der Waals surface area (Å²) in [7, 11) is 0. The molecule has 1 aromatic carbocycles. The Hall–Kier alpha value is -2.46. The Morgan fingerprint density at radius 1 is 0.950 bits per heavy atom. The number of aromatic nitrogens is 3. The van der Waals surface area contributed by atoms with E-state index in [1.807, 2.05) is 36.7 Å². The van der Waals surface area contributed by atoms with Gasteiger partial charge < -0.3 is 5.32 Å². The largest absolute Gasteiger partial charge is 0.308 e. The molecule has 3 aromatic rings. The van der Waals surface area contributed by atoms with Gasteiger partial charge in [-0.1, -0.05) is 36.4 Å². The molecule has 3 rings (SSSR count). The molecule has 20 heavy (non-hydrogen) atoms.